The zero-order valence-corrected chi connectivity index (χ0v) is 13.1. The molecular weight excluding hydrogens is 314 g/mol. The fraction of sp³-hybridized carbons (Fsp3) is 0.312. The molecule has 2 amide bonds. The van der Waals surface area contributed by atoms with E-state index >= 15 is 0 Å². The lowest BCUT2D eigenvalue weighted by Gasteiger charge is -2.19. The number of hydrogen-bond donors (Lipinski definition) is 2. The van der Waals surface area contributed by atoms with Crippen LogP contribution in [0.2, 0.25) is 0 Å². The maximum absolute atomic E-state index is 12.3. The summed E-state index contributed by atoms with van der Waals surface area (Å²) in [6.45, 7) is 0.362. The van der Waals surface area contributed by atoms with Gasteiger partial charge in [-0.2, -0.15) is 0 Å². The first-order valence-electron chi connectivity index (χ1n) is 7.50. The number of likely N-dealkylation sites (tertiary alicyclic amines) is 1. The Hall–Kier alpha value is -3.03. The van der Waals surface area contributed by atoms with E-state index in [1.54, 1.807) is 19.2 Å². The summed E-state index contributed by atoms with van der Waals surface area (Å²) in [6, 6.07) is 8.14. The van der Waals surface area contributed by atoms with E-state index in [9.17, 15) is 9.59 Å². The minimum Gasteiger partial charge on any atom is -0.497 e. The third kappa shape index (κ3) is 3.17. The normalized spacial score (nSPS) is 16.9. The predicted molar refractivity (Wildman–Crippen MR) is 84.9 cm³/mol. The Morgan fingerprint density at radius 3 is 3.00 bits per heavy atom. The second kappa shape index (κ2) is 6.61. The Morgan fingerprint density at radius 2 is 2.25 bits per heavy atom. The Balaban J connectivity index is 1.72. The van der Waals surface area contributed by atoms with E-state index in [0.717, 1.165) is 10.5 Å². The monoisotopic (exact) mass is 331 g/mol. The smallest absolute Gasteiger partial charge is 0.407 e. The molecule has 1 saturated heterocycles. The van der Waals surface area contributed by atoms with E-state index in [1.807, 2.05) is 18.2 Å². The highest BCUT2D eigenvalue weighted by molar-refractivity contribution is 5.96. The molecule has 0 bridgehead atoms. The minimum atomic E-state index is -1.09. The van der Waals surface area contributed by atoms with Crippen molar-refractivity contribution >= 4 is 17.8 Å². The van der Waals surface area contributed by atoms with Gasteiger partial charge in [0.1, 0.15) is 11.8 Å². The molecule has 1 aromatic heterocycles. The van der Waals surface area contributed by atoms with E-state index in [-0.39, 0.29) is 5.82 Å². The lowest BCUT2D eigenvalue weighted by Crippen LogP contribution is -2.42. The highest BCUT2D eigenvalue weighted by Crippen LogP contribution is 2.26. The van der Waals surface area contributed by atoms with Gasteiger partial charge in [0.25, 0.3) is 0 Å². The van der Waals surface area contributed by atoms with Crippen molar-refractivity contribution in [1.29, 1.82) is 0 Å². The van der Waals surface area contributed by atoms with E-state index in [2.05, 4.69) is 10.5 Å². The van der Waals surface area contributed by atoms with Gasteiger partial charge in [0.05, 0.1) is 7.11 Å². The molecule has 0 radical (unpaired) electrons. The summed E-state index contributed by atoms with van der Waals surface area (Å²) in [5, 5.41) is 15.5. The zero-order chi connectivity index (χ0) is 17.1. The van der Waals surface area contributed by atoms with Gasteiger partial charge in [0.2, 0.25) is 5.91 Å². The van der Waals surface area contributed by atoms with Crippen LogP contribution in [0.4, 0.5) is 10.6 Å². The Kier molecular flexibility index (Phi) is 4.37. The predicted octanol–water partition coefficient (Wildman–Crippen LogP) is 2.43. The maximum Gasteiger partial charge on any atom is 0.407 e. The average molecular weight is 331 g/mol. The second-order valence-electron chi connectivity index (χ2n) is 5.43. The van der Waals surface area contributed by atoms with E-state index in [1.165, 1.54) is 0 Å². The summed E-state index contributed by atoms with van der Waals surface area (Å²) in [6.07, 6.45) is 0.0710. The number of benzene rings is 1. The van der Waals surface area contributed by atoms with E-state index < -0.39 is 18.0 Å². The van der Waals surface area contributed by atoms with Crippen LogP contribution in [0.25, 0.3) is 11.3 Å². The molecule has 8 heteroatoms. The Morgan fingerprint density at radius 1 is 1.42 bits per heavy atom. The van der Waals surface area contributed by atoms with Crippen molar-refractivity contribution in [3.05, 3.63) is 30.3 Å². The van der Waals surface area contributed by atoms with Crippen LogP contribution in [0.15, 0.2) is 34.9 Å². The SMILES string of the molecule is COc1cccc(-c2cc(NC(=O)[C@@H]3CCCN3C(=O)O)no2)c1. The quantitative estimate of drug-likeness (QED) is 0.891. The Labute approximate surface area is 138 Å². The molecular formula is C16H17N3O5. The second-order valence-corrected chi connectivity index (χ2v) is 5.43. The van der Waals surface area contributed by atoms with Crippen molar-refractivity contribution in [3.8, 4) is 17.1 Å². The third-order valence-electron chi connectivity index (χ3n) is 3.92. The summed E-state index contributed by atoms with van der Waals surface area (Å²) >= 11 is 0. The molecule has 126 valence electrons. The van der Waals surface area contributed by atoms with Crippen LogP contribution in [0.5, 0.6) is 5.75 Å². The highest BCUT2D eigenvalue weighted by atomic mass is 16.5. The van der Waals surface area contributed by atoms with E-state index in [4.69, 9.17) is 14.4 Å². The van der Waals surface area contributed by atoms with Crippen molar-refractivity contribution in [2.24, 2.45) is 0 Å². The van der Waals surface area contributed by atoms with Gasteiger partial charge in [0, 0.05) is 18.2 Å². The fourth-order valence-corrected chi connectivity index (χ4v) is 2.72. The number of carbonyl (C=O) groups is 2. The number of carboxylic acid groups (broad SMARTS) is 1. The molecule has 0 unspecified atom stereocenters. The van der Waals surface area contributed by atoms with Crippen molar-refractivity contribution in [2.45, 2.75) is 18.9 Å². The van der Waals surface area contributed by atoms with Gasteiger partial charge in [-0.25, -0.2) is 4.79 Å². The molecule has 0 aliphatic carbocycles. The number of ether oxygens (including phenoxy) is 1. The summed E-state index contributed by atoms with van der Waals surface area (Å²) in [5.74, 6) is 0.999. The van der Waals surface area contributed by atoms with Gasteiger partial charge in [0.15, 0.2) is 11.6 Å². The highest BCUT2D eigenvalue weighted by Gasteiger charge is 2.34. The van der Waals surface area contributed by atoms with Crippen molar-refractivity contribution in [2.75, 3.05) is 19.0 Å². The molecule has 1 atom stereocenters. The van der Waals surface area contributed by atoms with Gasteiger partial charge in [-0.3, -0.25) is 9.69 Å². The van der Waals surface area contributed by atoms with Crippen LogP contribution in [0.3, 0.4) is 0 Å². The fourth-order valence-electron chi connectivity index (χ4n) is 2.72. The lowest BCUT2D eigenvalue weighted by atomic mass is 10.1. The largest absolute Gasteiger partial charge is 0.497 e. The van der Waals surface area contributed by atoms with Crippen LogP contribution < -0.4 is 10.1 Å². The molecule has 0 saturated carbocycles. The number of carbonyl (C=O) groups excluding carboxylic acids is 1. The molecule has 24 heavy (non-hydrogen) atoms. The van der Waals surface area contributed by atoms with Crippen LogP contribution >= 0.6 is 0 Å². The number of nitrogens with zero attached hydrogens (tertiary/aromatic N) is 2. The molecule has 2 aromatic rings. The van der Waals surface area contributed by atoms with Crippen LogP contribution in [0, 0.1) is 0 Å². The number of aromatic nitrogens is 1. The third-order valence-corrected chi connectivity index (χ3v) is 3.92. The minimum absolute atomic E-state index is 0.245. The van der Waals surface area contributed by atoms with Crippen molar-refractivity contribution < 1.29 is 24.0 Å². The average Bonchev–Trinajstić information content (AvgIpc) is 3.24. The number of rotatable bonds is 4. The van der Waals surface area contributed by atoms with Crippen LogP contribution in [-0.2, 0) is 4.79 Å². The maximum atomic E-state index is 12.3. The first-order valence-corrected chi connectivity index (χ1v) is 7.50. The molecule has 2 N–H and O–H groups in total. The lowest BCUT2D eigenvalue weighted by molar-refractivity contribution is -0.119. The van der Waals surface area contributed by atoms with Gasteiger partial charge >= 0.3 is 6.09 Å². The number of methoxy groups -OCH3 is 1. The molecule has 1 aromatic carbocycles. The summed E-state index contributed by atoms with van der Waals surface area (Å²) < 4.78 is 10.4. The van der Waals surface area contributed by atoms with Crippen molar-refractivity contribution in [3.63, 3.8) is 0 Å². The summed E-state index contributed by atoms with van der Waals surface area (Å²) in [7, 11) is 1.57. The molecule has 2 heterocycles. The summed E-state index contributed by atoms with van der Waals surface area (Å²) in [5.41, 5.74) is 0.760. The van der Waals surface area contributed by atoms with Gasteiger partial charge in [-0.15, -0.1) is 0 Å². The van der Waals surface area contributed by atoms with Gasteiger partial charge in [-0.1, -0.05) is 17.3 Å². The van der Waals surface area contributed by atoms with Crippen LogP contribution in [0.1, 0.15) is 12.8 Å². The standard InChI is InChI=1S/C16H17N3O5/c1-23-11-5-2-4-10(8-11)13-9-14(18-24-13)17-15(20)12-6-3-7-19(12)16(21)22/h2,4-5,8-9,12H,3,6-7H2,1H3,(H,21,22)(H,17,18,20)/t12-/m0/s1. The number of anilines is 1. The van der Waals surface area contributed by atoms with Crippen LogP contribution in [-0.4, -0.2) is 46.9 Å². The van der Waals surface area contributed by atoms with Gasteiger partial charge < -0.3 is 19.7 Å². The Bertz CT molecular complexity index is 758. The molecule has 3 rings (SSSR count). The molecule has 1 aliphatic rings. The number of nitrogens with one attached hydrogen (secondary N) is 1. The molecule has 8 nitrogen and oxygen atoms in total. The first-order chi connectivity index (χ1) is 11.6. The topological polar surface area (TPSA) is 105 Å². The zero-order valence-electron chi connectivity index (χ0n) is 13.1. The van der Waals surface area contributed by atoms with E-state index in [0.29, 0.717) is 30.9 Å². The first kappa shape index (κ1) is 15.9. The number of amides is 2. The van der Waals surface area contributed by atoms with Gasteiger partial charge in [-0.05, 0) is 25.0 Å². The summed E-state index contributed by atoms with van der Waals surface area (Å²) in [4.78, 5) is 24.5. The molecule has 1 aliphatic heterocycles. The molecule has 0 spiro atoms. The molecule has 1 fully saturated rings. The van der Waals surface area contributed by atoms with Crippen molar-refractivity contribution in [1.82, 2.24) is 10.1 Å². The number of hydrogen-bond acceptors (Lipinski definition) is 5.